The van der Waals surface area contributed by atoms with Gasteiger partial charge in [0.2, 0.25) is 0 Å². The van der Waals surface area contributed by atoms with Crippen molar-refractivity contribution < 1.29 is 14.6 Å². The Morgan fingerprint density at radius 2 is 2.19 bits per heavy atom. The highest BCUT2D eigenvalue weighted by Crippen LogP contribution is 2.24. The molecule has 94 valence electrons. The van der Waals surface area contributed by atoms with Crippen molar-refractivity contribution in [2.45, 2.75) is 64.1 Å². The van der Waals surface area contributed by atoms with E-state index in [2.05, 4.69) is 12.2 Å². The third kappa shape index (κ3) is 4.10. The van der Waals surface area contributed by atoms with Crippen LogP contribution >= 0.6 is 0 Å². The molecule has 0 spiro atoms. The summed E-state index contributed by atoms with van der Waals surface area (Å²) in [4.78, 5) is 11.0. The van der Waals surface area contributed by atoms with Gasteiger partial charge >= 0.3 is 5.97 Å². The van der Waals surface area contributed by atoms with Gasteiger partial charge in [0.25, 0.3) is 0 Å². The Balaban J connectivity index is 2.21. The fraction of sp³-hybridized carbons (Fsp3) is 0.917. The summed E-state index contributed by atoms with van der Waals surface area (Å²) in [5, 5.41) is 12.2. The maximum Gasteiger partial charge on any atom is 0.320 e. The number of hydrogen-bond acceptors (Lipinski definition) is 3. The fourth-order valence-corrected chi connectivity index (χ4v) is 2.04. The van der Waals surface area contributed by atoms with E-state index < -0.39 is 5.97 Å². The van der Waals surface area contributed by atoms with Crippen LogP contribution in [0.15, 0.2) is 0 Å². The lowest BCUT2D eigenvalue weighted by molar-refractivity contribution is -0.140. The van der Waals surface area contributed by atoms with Gasteiger partial charge < -0.3 is 15.2 Å². The van der Waals surface area contributed by atoms with Gasteiger partial charge in [-0.3, -0.25) is 4.79 Å². The monoisotopic (exact) mass is 229 g/mol. The molecule has 1 rings (SSSR count). The first-order valence-corrected chi connectivity index (χ1v) is 6.27. The lowest BCUT2D eigenvalue weighted by Crippen LogP contribution is -2.51. The Bertz CT molecular complexity index is 214. The van der Waals surface area contributed by atoms with Crippen LogP contribution in [0.3, 0.4) is 0 Å². The predicted octanol–water partition coefficient (Wildman–Crippen LogP) is 1.79. The first-order chi connectivity index (χ1) is 7.67. The molecule has 4 nitrogen and oxygen atoms in total. The van der Waals surface area contributed by atoms with E-state index >= 15 is 0 Å². The summed E-state index contributed by atoms with van der Waals surface area (Å²) in [6.45, 7) is 4.81. The molecule has 0 bridgehead atoms. The number of hydrogen-bond donors (Lipinski definition) is 2. The van der Waals surface area contributed by atoms with Crippen molar-refractivity contribution >= 4 is 5.97 Å². The summed E-state index contributed by atoms with van der Waals surface area (Å²) in [5.41, 5.74) is 0. The summed E-state index contributed by atoms with van der Waals surface area (Å²) in [5.74, 6) is -0.728. The molecule has 0 aromatic heterocycles. The van der Waals surface area contributed by atoms with Crippen LogP contribution in [-0.4, -0.2) is 35.9 Å². The number of carboxylic acid groups (broad SMARTS) is 1. The normalized spacial score (nSPS) is 26.1. The molecule has 1 aliphatic carbocycles. The van der Waals surface area contributed by atoms with E-state index in [1.807, 2.05) is 6.92 Å². The van der Waals surface area contributed by atoms with Gasteiger partial charge in [-0.1, -0.05) is 19.8 Å². The lowest BCUT2D eigenvalue weighted by Gasteiger charge is -2.37. The van der Waals surface area contributed by atoms with Gasteiger partial charge in [0.1, 0.15) is 6.04 Å². The van der Waals surface area contributed by atoms with E-state index in [-0.39, 0.29) is 6.04 Å². The molecule has 0 aliphatic heterocycles. The third-order valence-electron chi connectivity index (χ3n) is 3.08. The molecule has 1 unspecified atom stereocenters. The van der Waals surface area contributed by atoms with Crippen LogP contribution in [0.1, 0.15) is 46.0 Å². The van der Waals surface area contributed by atoms with E-state index in [0.29, 0.717) is 12.1 Å². The van der Waals surface area contributed by atoms with Crippen molar-refractivity contribution in [3.63, 3.8) is 0 Å². The molecule has 16 heavy (non-hydrogen) atoms. The number of ether oxygens (including phenoxy) is 1. The maximum absolute atomic E-state index is 11.0. The van der Waals surface area contributed by atoms with Crippen LogP contribution in [0.5, 0.6) is 0 Å². The summed E-state index contributed by atoms with van der Waals surface area (Å²) < 4.78 is 5.44. The van der Waals surface area contributed by atoms with Crippen molar-refractivity contribution in [3.05, 3.63) is 0 Å². The van der Waals surface area contributed by atoms with Gasteiger partial charge in [0, 0.05) is 12.6 Å². The first-order valence-electron chi connectivity index (χ1n) is 6.27. The number of rotatable bonds is 8. The van der Waals surface area contributed by atoms with Gasteiger partial charge in [-0.05, 0) is 26.2 Å². The Morgan fingerprint density at radius 3 is 2.69 bits per heavy atom. The topological polar surface area (TPSA) is 58.6 Å². The second-order valence-corrected chi connectivity index (χ2v) is 4.45. The molecule has 1 aliphatic rings. The molecule has 0 saturated heterocycles. The van der Waals surface area contributed by atoms with Gasteiger partial charge in [-0.25, -0.2) is 0 Å². The molecular formula is C12H23NO3. The van der Waals surface area contributed by atoms with Gasteiger partial charge in [0.05, 0.1) is 6.10 Å². The Labute approximate surface area is 97.4 Å². The second-order valence-electron chi connectivity index (χ2n) is 4.45. The maximum atomic E-state index is 11.0. The van der Waals surface area contributed by atoms with Crippen molar-refractivity contribution in [1.82, 2.24) is 5.32 Å². The Kier molecular flexibility index (Phi) is 5.77. The molecule has 1 atom stereocenters. The third-order valence-corrected chi connectivity index (χ3v) is 3.08. The van der Waals surface area contributed by atoms with Crippen molar-refractivity contribution in [2.24, 2.45) is 0 Å². The summed E-state index contributed by atoms with van der Waals surface area (Å²) in [6, 6.07) is -0.0537. The Hall–Kier alpha value is -0.610. The van der Waals surface area contributed by atoms with E-state index in [1.54, 1.807) is 0 Å². The molecule has 2 N–H and O–H groups in total. The fourth-order valence-electron chi connectivity index (χ4n) is 2.04. The predicted molar refractivity (Wildman–Crippen MR) is 62.5 cm³/mol. The molecule has 1 fully saturated rings. The standard InChI is InChI=1S/C12H23NO3/c1-3-5-6-11(12(14)15)13-9-7-10(8-9)16-4-2/h9-11,13H,3-8H2,1-2H3,(H,14,15). The molecule has 0 heterocycles. The van der Waals surface area contributed by atoms with Crippen LogP contribution in [0, 0.1) is 0 Å². The number of nitrogens with one attached hydrogen (secondary N) is 1. The van der Waals surface area contributed by atoms with Gasteiger partial charge in [0.15, 0.2) is 0 Å². The zero-order valence-corrected chi connectivity index (χ0v) is 10.2. The molecule has 0 amide bonds. The van der Waals surface area contributed by atoms with Crippen LogP contribution < -0.4 is 5.32 Å². The Morgan fingerprint density at radius 1 is 1.50 bits per heavy atom. The summed E-state index contributed by atoms with van der Waals surface area (Å²) in [7, 11) is 0. The SMILES string of the molecule is CCCCC(NC1CC(OCC)C1)C(=O)O. The van der Waals surface area contributed by atoms with E-state index in [4.69, 9.17) is 9.84 Å². The number of carbonyl (C=O) groups is 1. The van der Waals surface area contributed by atoms with E-state index in [1.165, 1.54) is 0 Å². The molecule has 0 radical (unpaired) electrons. The van der Waals surface area contributed by atoms with Crippen molar-refractivity contribution in [2.75, 3.05) is 6.61 Å². The van der Waals surface area contributed by atoms with Gasteiger partial charge in [-0.15, -0.1) is 0 Å². The number of aliphatic carboxylic acids is 1. The highest BCUT2D eigenvalue weighted by atomic mass is 16.5. The number of unbranched alkanes of at least 4 members (excludes halogenated alkanes) is 1. The zero-order chi connectivity index (χ0) is 12.0. The highest BCUT2D eigenvalue weighted by Gasteiger charge is 2.32. The average molecular weight is 229 g/mol. The van der Waals surface area contributed by atoms with Crippen LogP contribution in [0.25, 0.3) is 0 Å². The van der Waals surface area contributed by atoms with Crippen LogP contribution in [0.2, 0.25) is 0 Å². The van der Waals surface area contributed by atoms with Crippen LogP contribution in [-0.2, 0) is 9.53 Å². The van der Waals surface area contributed by atoms with Crippen molar-refractivity contribution in [3.8, 4) is 0 Å². The minimum absolute atomic E-state index is 0.328. The van der Waals surface area contributed by atoms with Crippen LogP contribution in [0.4, 0.5) is 0 Å². The van der Waals surface area contributed by atoms with Gasteiger partial charge in [-0.2, -0.15) is 0 Å². The minimum Gasteiger partial charge on any atom is -0.480 e. The molecule has 1 saturated carbocycles. The van der Waals surface area contributed by atoms with Crippen molar-refractivity contribution in [1.29, 1.82) is 0 Å². The minimum atomic E-state index is -0.728. The lowest BCUT2D eigenvalue weighted by atomic mass is 9.88. The molecule has 0 aromatic rings. The summed E-state index contributed by atoms with van der Waals surface area (Å²) >= 11 is 0. The zero-order valence-electron chi connectivity index (χ0n) is 10.2. The highest BCUT2D eigenvalue weighted by molar-refractivity contribution is 5.73. The smallest absolute Gasteiger partial charge is 0.320 e. The molecule has 4 heteroatoms. The largest absolute Gasteiger partial charge is 0.480 e. The van der Waals surface area contributed by atoms with E-state index in [0.717, 1.165) is 38.7 Å². The quantitative estimate of drug-likeness (QED) is 0.666. The first kappa shape index (κ1) is 13.5. The summed E-state index contributed by atoms with van der Waals surface area (Å²) in [6.07, 6.45) is 4.96. The average Bonchev–Trinajstić information content (AvgIpc) is 2.19. The second kappa shape index (κ2) is 6.86. The van der Waals surface area contributed by atoms with E-state index in [9.17, 15) is 4.79 Å². The number of carboxylic acids is 1. The molecule has 0 aromatic carbocycles. The molecular weight excluding hydrogens is 206 g/mol.